The number of carbonyl (C=O) groups is 1. The van der Waals surface area contributed by atoms with Gasteiger partial charge in [0, 0.05) is 24.8 Å². The molecule has 4 rings (SSSR count). The van der Waals surface area contributed by atoms with Crippen LogP contribution in [-0.2, 0) is 4.74 Å². The van der Waals surface area contributed by atoms with Crippen molar-refractivity contribution in [2.75, 3.05) is 18.4 Å². The molecule has 0 saturated carbocycles. The van der Waals surface area contributed by atoms with Gasteiger partial charge < -0.3 is 15.0 Å². The second-order valence-electron chi connectivity index (χ2n) is 8.36. The lowest BCUT2D eigenvalue weighted by molar-refractivity contribution is 0.0235. The largest absolute Gasteiger partial charge is 0.444 e. The molecule has 0 aliphatic carbocycles. The highest BCUT2D eigenvalue weighted by molar-refractivity contribution is 5.77. The van der Waals surface area contributed by atoms with Crippen LogP contribution in [0.3, 0.4) is 0 Å². The number of ether oxygens (including phenoxy) is 1. The van der Waals surface area contributed by atoms with E-state index in [1.165, 1.54) is 0 Å². The molecule has 1 saturated heterocycles. The number of rotatable bonds is 4. The lowest BCUT2D eigenvalue weighted by Crippen LogP contribution is -2.42. The summed E-state index contributed by atoms with van der Waals surface area (Å²) in [5.74, 6) is 0.770. The minimum atomic E-state index is -0.486. The quantitative estimate of drug-likeness (QED) is 0.719. The molecule has 1 aliphatic rings. The molecule has 7 heteroatoms. The van der Waals surface area contributed by atoms with Crippen molar-refractivity contribution in [2.24, 2.45) is 0 Å². The van der Waals surface area contributed by atoms with Crippen LogP contribution in [0.15, 0.2) is 48.8 Å². The minimum Gasteiger partial charge on any atom is -0.444 e. The standard InChI is InChI=1S/C22H27N5O2/c1-22(2,3)29-21(28)26-12-7-10-17(26)14-23-19-11-13-27-20(25-19)18(15-24-27)16-8-5-4-6-9-16/h4-6,8-9,11,13,15,17H,7,10,12,14H2,1-3H3,(H,23,25). The van der Waals surface area contributed by atoms with Crippen LogP contribution in [0, 0.1) is 0 Å². The van der Waals surface area contributed by atoms with E-state index in [0.29, 0.717) is 6.54 Å². The Morgan fingerprint density at radius 3 is 2.79 bits per heavy atom. The van der Waals surface area contributed by atoms with Gasteiger partial charge in [-0.15, -0.1) is 0 Å². The first-order chi connectivity index (χ1) is 13.9. The first-order valence-electron chi connectivity index (χ1n) is 10.0. The molecule has 29 heavy (non-hydrogen) atoms. The van der Waals surface area contributed by atoms with Crippen LogP contribution in [-0.4, -0.2) is 50.3 Å². The molecule has 0 bridgehead atoms. The Morgan fingerprint density at radius 1 is 1.24 bits per heavy atom. The van der Waals surface area contributed by atoms with Crippen LogP contribution < -0.4 is 5.32 Å². The Balaban J connectivity index is 1.48. The zero-order chi connectivity index (χ0) is 20.4. The van der Waals surface area contributed by atoms with Gasteiger partial charge in [0.05, 0.1) is 12.2 Å². The Morgan fingerprint density at radius 2 is 2.03 bits per heavy atom. The lowest BCUT2D eigenvalue weighted by Gasteiger charge is -2.28. The third-order valence-electron chi connectivity index (χ3n) is 4.98. The maximum atomic E-state index is 12.5. The molecule has 2 aromatic heterocycles. The number of aromatic nitrogens is 3. The SMILES string of the molecule is CC(C)(C)OC(=O)N1CCCC1CNc1ccn2ncc(-c3ccccc3)c2n1. The molecule has 1 aromatic carbocycles. The van der Waals surface area contributed by atoms with Crippen molar-refractivity contribution >= 4 is 17.6 Å². The van der Waals surface area contributed by atoms with Crippen LogP contribution in [0.2, 0.25) is 0 Å². The van der Waals surface area contributed by atoms with E-state index < -0.39 is 5.60 Å². The van der Waals surface area contributed by atoms with Crippen LogP contribution >= 0.6 is 0 Å². The van der Waals surface area contributed by atoms with E-state index in [0.717, 1.165) is 42.0 Å². The molecule has 3 heterocycles. The summed E-state index contributed by atoms with van der Waals surface area (Å²) in [4.78, 5) is 19.1. The highest BCUT2D eigenvalue weighted by atomic mass is 16.6. The number of hydrogen-bond acceptors (Lipinski definition) is 5. The van der Waals surface area contributed by atoms with Crippen molar-refractivity contribution in [1.82, 2.24) is 19.5 Å². The van der Waals surface area contributed by atoms with Gasteiger partial charge in [-0.1, -0.05) is 30.3 Å². The van der Waals surface area contributed by atoms with E-state index in [2.05, 4.69) is 22.5 Å². The van der Waals surface area contributed by atoms with Gasteiger partial charge in [-0.2, -0.15) is 5.10 Å². The van der Waals surface area contributed by atoms with Gasteiger partial charge in [0.1, 0.15) is 11.4 Å². The van der Waals surface area contributed by atoms with E-state index in [4.69, 9.17) is 9.72 Å². The fraction of sp³-hybridized carbons (Fsp3) is 0.409. The molecule has 1 atom stereocenters. The zero-order valence-electron chi connectivity index (χ0n) is 17.1. The fourth-order valence-corrected chi connectivity index (χ4v) is 3.62. The molecule has 1 unspecified atom stereocenters. The van der Waals surface area contributed by atoms with Crippen LogP contribution in [0.25, 0.3) is 16.8 Å². The smallest absolute Gasteiger partial charge is 0.410 e. The van der Waals surface area contributed by atoms with Gasteiger partial charge in [-0.25, -0.2) is 14.3 Å². The van der Waals surface area contributed by atoms with Crippen LogP contribution in [0.1, 0.15) is 33.6 Å². The van der Waals surface area contributed by atoms with Crippen molar-refractivity contribution in [1.29, 1.82) is 0 Å². The van der Waals surface area contributed by atoms with E-state index in [1.54, 1.807) is 4.52 Å². The molecular weight excluding hydrogens is 366 g/mol. The number of anilines is 1. The molecular formula is C22H27N5O2. The van der Waals surface area contributed by atoms with Crippen molar-refractivity contribution < 1.29 is 9.53 Å². The maximum absolute atomic E-state index is 12.5. The maximum Gasteiger partial charge on any atom is 0.410 e. The number of nitrogens with zero attached hydrogens (tertiary/aromatic N) is 4. The summed E-state index contributed by atoms with van der Waals surface area (Å²) >= 11 is 0. The predicted molar refractivity (Wildman–Crippen MR) is 113 cm³/mol. The third-order valence-corrected chi connectivity index (χ3v) is 4.98. The van der Waals surface area contributed by atoms with Gasteiger partial charge in [0.25, 0.3) is 0 Å². The van der Waals surface area contributed by atoms with Crippen molar-refractivity contribution in [3.8, 4) is 11.1 Å². The molecule has 1 amide bonds. The number of likely N-dealkylation sites (tertiary alicyclic amines) is 1. The number of fused-ring (bicyclic) bond motifs is 1. The summed E-state index contributed by atoms with van der Waals surface area (Å²) in [6.07, 6.45) is 5.43. The molecule has 152 valence electrons. The highest BCUT2D eigenvalue weighted by Gasteiger charge is 2.32. The second-order valence-corrected chi connectivity index (χ2v) is 8.36. The Labute approximate surface area is 170 Å². The molecule has 7 nitrogen and oxygen atoms in total. The normalized spacial score (nSPS) is 16.9. The van der Waals surface area contributed by atoms with E-state index in [9.17, 15) is 4.79 Å². The minimum absolute atomic E-state index is 0.0985. The summed E-state index contributed by atoms with van der Waals surface area (Å²) in [5.41, 5.74) is 2.39. The van der Waals surface area contributed by atoms with Crippen LogP contribution in [0.4, 0.5) is 10.6 Å². The number of hydrogen-bond donors (Lipinski definition) is 1. The number of nitrogens with one attached hydrogen (secondary N) is 1. The lowest BCUT2D eigenvalue weighted by atomic mass is 10.1. The zero-order valence-corrected chi connectivity index (χ0v) is 17.1. The Kier molecular flexibility index (Phi) is 5.13. The van der Waals surface area contributed by atoms with Gasteiger partial charge in [0.15, 0.2) is 5.65 Å². The third kappa shape index (κ3) is 4.34. The predicted octanol–water partition coefficient (Wildman–Crippen LogP) is 4.21. The second kappa shape index (κ2) is 7.73. The molecule has 1 N–H and O–H groups in total. The highest BCUT2D eigenvalue weighted by Crippen LogP contribution is 2.24. The fourth-order valence-electron chi connectivity index (χ4n) is 3.62. The van der Waals surface area contributed by atoms with Crippen molar-refractivity contribution in [3.05, 3.63) is 48.8 Å². The topological polar surface area (TPSA) is 71.8 Å². The van der Waals surface area contributed by atoms with Crippen molar-refractivity contribution in [2.45, 2.75) is 45.3 Å². The summed E-state index contributed by atoms with van der Waals surface area (Å²) in [6, 6.07) is 12.1. The van der Waals surface area contributed by atoms with E-state index >= 15 is 0 Å². The number of carbonyl (C=O) groups excluding carboxylic acids is 1. The van der Waals surface area contributed by atoms with E-state index in [-0.39, 0.29) is 12.1 Å². The average molecular weight is 393 g/mol. The van der Waals surface area contributed by atoms with Gasteiger partial charge in [0.2, 0.25) is 0 Å². The Bertz CT molecular complexity index is 993. The summed E-state index contributed by atoms with van der Waals surface area (Å²) in [5, 5.41) is 7.79. The molecule has 3 aromatic rings. The first kappa shape index (κ1) is 19.2. The monoisotopic (exact) mass is 393 g/mol. The summed E-state index contributed by atoms with van der Waals surface area (Å²) in [7, 11) is 0. The molecule has 0 spiro atoms. The van der Waals surface area contributed by atoms with E-state index in [1.807, 2.05) is 62.3 Å². The van der Waals surface area contributed by atoms with Crippen LogP contribution in [0.5, 0.6) is 0 Å². The van der Waals surface area contributed by atoms with Gasteiger partial charge >= 0.3 is 6.09 Å². The average Bonchev–Trinajstić information content (AvgIpc) is 3.32. The molecule has 1 aliphatic heterocycles. The first-order valence-corrected chi connectivity index (χ1v) is 10.0. The summed E-state index contributed by atoms with van der Waals surface area (Å²) in [6.45, 7) is 7.04. The summed E-state index contributed by atoms with van der Waals surface area (Å²) < 4.78 is 7.32. The molecule has 1 fully saturated rings. The number of benzene rings is 1. The van der Waals surface area contributed by atoms with Crippen molar-refractivity contribution in [3.63, 3.8) is 0 Å². The van der Waals surface area contributed by atoms with Gasteiger partial charge in [-0.3, -0.25) is 0 Å². The van der Waals surface area contributed by atoms with Gasteiger partial charge in [-0.05, 0) is 45.2 Å². The Hall–Kier alpha value is -3.09. The molecule has 0 radical (unpaired) electrons. The number of amides is 1.